The van der Waals surface area contributed by atoms with E-state index in [1.165, 1.54) is 6.07 Å². The molecular weight excluding hydrogens is 254 g/mol. The summed E-state index contributed by atoms with van der Waals surface area (Å²) < 4.78 is 25.3. The van der Waals surface area contributed by atoms with Crippen molar-refractivity contribution in [3.63, 3.8) is 0 Å². The van der Waals surface area contributed by atoms with Crippen LogP contribution in [0.3, 0.4) is 0 Å². The molecule has 0 spiro atoms. The second-order valence-corrected chi connectivity index (χ2v) is 3.53. The Hall–Kier alpha value is -1.02. The molecule has 0 fully saturated rings. The van der Waals surface area contributed by atoms with Gasteiger partial charge in [-0.25, -0.2) is 8.78 Å². The van der Waals surface area contributed by atoms with E-state index in [0.29, 0.717) is 15.9 Å². The van der Waals surface area contributed by atoms with Gasteiger partial charge in [-0.15, -0.1) is 0 Å². The van der Waals surface area contributed by atoms with Gasteiger partial charge >= 0.3 is 0 Å². The molecule has 1 aromatic heterocycles. The van der Waals surface area contributed by atoms with E-state index < -0.39 is 6.43 Å². The lowest BCUT2D eigenvalue weighted by Gasteiger charge is -2.07. The van der Waals surface area contributed by atoms with Crippen LogP contribution in [0.4, 0.5) is 8.78 Å². The number of rotatable bonds is 2. The fourth-order valence-corrected chi connectivity index (χ4v) is 1.46. The van der Waals surface area contributed by atoms with Crippen molar-refractivity contribution in [2.45, 2.75) is 19.8 Å². The van der Waals surface area contributed by atoms with Crippen molar-refractivity contribution in [3.05, 3.63) is 27.5 Å². The third kappa shape index (κ3) is 2.26. The Kier molecular flexibility index (Phi) is 3.53. The van der Waals surface area contributed by atoms with Crippen LogP contribution in [0.2, 0.25) is 0 Å². The maximum absolute atomic E-state index is 12.5. The molecule has 0 atom stereocenters. The van der Waals surface area contributed by atoms with E-state index in [4.69, 9.17) is 5.26 Å². The van der Waals surface area contributed by atoms with Gasteiger partial charge in [0.2, 0.25) is 0 Å². The molecule has 0 saturated heterocycles. The molecular formula is C9H7BrF2N2. The van der Waals surface area contributed by atoms with E-state index in [2.05, 4.69) is 20.9 Å². The molecule has 0 saturated carbocycles. The SMILES string of the molecule is Cc1nc(CC#N)cc(C(F)F)c1Br. The van der Waals surface area contributed by atoms with E-state index >= 15 is 0 Å². The standard InChI is InChI=1S/C9H7BrF2N2/c1-5-8(10)7(9(11)12)4-6(14-5)2-3-13/h4,9H,2H2,1H3. The third-order valence-corrected chi connectivity index (χ3v) is 2.73. The molecule has 0 amide bonds. The lowest BCUT2D eigenvalue weighted by Crippen LogP contribution is -1.98. The lowest BCUT2D eigenvalue weighted by atomic mass is 10.2. The van der Waals surface area contributed by atoms with Crippen LogP contribution < -0.4 is 0 Å². The van der Waals surface area contributed by atoms with Crippen molar-refractivity contribution in [1.29, 1.82) is 5.26 Å². The average Bonchev–Trinajstić information content (AvgIpc) is 2.11. The monoisotopic (exact) mass is 260 g/mol. The van der Waals surface area contributed by atoms with E-state index in [0.717, 1.165) is 0 Å². The largest absolute Gasteiger partial charge is 0.265 e. The summed E-state index contributed by atoms with van der Waals surface area (Å²) in [5.41, 5.74) is 0.749. The minimum absolute atomic E-state index is 0.0494. The normalized spacial score (nSPS) is 10.3. The van der Waals surface area contributed by atoms with E-state index in [-0.39, 0.29) is 12.0 Å². The summed E-state index contributed by atoms with van der Waals surface area (Å²) in [5, 5.41) is 8.42. The summed E-state index contributed by atoms with van der Waals surface area (Å²) in [4.78, 5) is 4.00. The highest BCUT2D eigenvalue weighted by Crippen LogP contribution is 2.29. The third-order valence-electron chi connectivity index (χ3n) is 1.70. The summed E-state index contributed by atoms with van der Waals surface area (Å²) in [7, 11) is 0. The Bertz CT molecular complexity index is 385. The number of pyridine rings is 1. The van der Waals surface area contributed by atoms with Crippen LogP contribution in [0.15, 0.2) is 10.5 Å². The predicted octanol–water partition coefficient (Wildman–Crippen LogP) is 3.16. The van der Waals surface area contributed by atoms with Crippen molar-refractivity contribution >= 4 is 15.9 Å². The molecule has 2 nitrogen and oxygen atoms in total. The zero-order valence-electron chi connectivity index (χ0n) is 7.39. The van der Waals surface area contributed by atoms with Gasteiger partial charge in [-0.3, -0.25) is 4.98 Å². The molecule has 74 valence electrons. The Morgan fingerprint density at radius 2 is 2.29 bits per heavy atom. The Labute approximate surface area is 88.7 Å². The molecule has 0 aromatic carbocycles. The van der Waals surface area contributed by atoms with Gasteiger partial charge in [0.15, 0.2) is 0 Å². The summed E-state index contributed by atoms with van der Waals surface area (Å²) in [6.45, 7) is 1.62. The zero-order chi connectivity index (χ0) is 10.7. The van der Waals surface area contributed by atoms with Crippen LogP contribution in [-0.4, -0.2) is 4.98 Å². The Morgan fingerprint density at radius 1 is 1.64 bits per heavy atom. The molecule has 1 aromatic rings. The number of hydrogen-bond donors (Lipinski definition) is 0. The highest BCUT2D eigenvalue weighted by atomic mass is 79.9. The van der Waals surface area contributed by atoms with Gasteiger partial charge in [0.25, 0.3) is 6.43 Å². The molecule has 0 bridgehead atoms. The first-order chi connectivity index (χ1) is 6.56. The van der Waals surface area contributed by atoms with E-state index in [9.17, 15) is 8.78 Å². The van der Waals surface area contributed by atoms with E-state index in [1.807, 2.05) is 6.07 Å². The maximum atomic E-state index is 12.5. The summed E-state index contributed by atoms with van der Waals surface area (Å²) in [6, 6.07) is 3.13. The highest BCUT2D eigenvalue weighted by molar-refractivity contribution is 9.10. The van der Waals surface area contributed by atoms with Crippen LogP contribution in [0.1, 0.15) is 23.4 Å². The zero-order valence-corrected chi connectivity index (χ0v) is 8.98. The first kappa shape index (κ1) is 11.1. The van der Waals surface area contributed by atoms with Gasteiger partial charge in [-0.05, 0) is 28.9 Å². The van der Waals surface area contributed by atoms with Gasteiger partial charge < -0.3 is 0 Å². The molecule has 1 rings (SSSR count). The van der Waals surface area contributed by atoms with Gasteiger partial charge in [0, 0.05) is 10.0 Å². The molecule has 14 heavy (non-hydrogen) atoms. The number of nitrogens with zero attached hydrogens (tertiary/aromatic N) is 2. The molecule has 0 N–H and O–H groups in total. The lowest BCUT2D eigenvalue weighted by molar-refractivity contribution is 0.150. The van der Waals surface area contributed by atoms with Crippen LogP contribution >= 0.6 is 15.9 Å². The number of nitriles is 1. The van der Waals surface area contributed by atoms with Gasteiger partial charge in [-0.2, -0.15) is 5.26 Å². The first-order valence-electron chi connectivity index (χ1n) is 3.87. The number of aryl methyl sites for hydroxylation is 1. The number of aromatic nitrogens is 1. The molecule has 5 heteroatoms. The minimum atomic E-state index is -2.55. The smallest absolute Gasteiger partial charge is 0.256 e. The van der Waals surface area contributed by atoms with Crippen LogP contribution in [0.5, 0.6) is 0 Å². The maximum Gasteiger partial charge on any atom is 0.265 e. The summed E-state index contributed by atoms with van der Waals surface area (Å²) in [5.74, 6) is 0. The van der Waals surface area contributed by atoms with E-state index in [1.54, 1.807) is 6.92 Å². The second kappa shape index (κ2) is 4.47. The van der Waals surface area contributed by atoms with Crippen molar-refractivity contribution in [3.8, 4) is 6.07 Å². The predicted molar refractivity (Wildman–Crippen MR) is 50.9 cm³/mol. The Balaban J connectivity index is 3.22. The molecule has 0 aliphatic rings. The topological polar surface area (TPSA) is 36.7 Å². The highest BCUT2D eigenvalue weighted by Gasteiger charge is 2.15. The fourth-order valence-electron chi connectivity index (χ4n) is 1.08. The van der Waals surface area contributed by atoms with Crippen molar-refractivity contribution in [1.82, 2.24) is 4.98 Å². The number of hydrogen-bond acceptors (Lipinski definition) is 2. The Morgan fingerprint density at radius 3 is 2.79 bits per heavy atom. The molecule has 0 radical (unpaired) electrons. The quantitative estimate of drug-likeness (QED) is 0.819. The summed E-state index contributed by atoms with van der Waals surface area (Å²) in [6.07, 6.45) is -2.50. The average molecular weight is 261 g/mol. The van der Waals surface area contributed by atoms with Crippen LogP contribution in [0.25, 0.3) is 0 Å². The van der Waals surface area contributed by atoms with Gasteiger partial charge in [0.1, 0.15) is 0 Å². The summed E-state index contributed by atoms with van der Waals surface area (Å²) >= 11 is 3.04. The minimum Gasteiger partial charge on any atom is -0.256 e. The van der Waals surface area contributed by atoms with Crippen molar-refractivity contribution in [2.24, 2.45) is 0 Å². The molecule has 0 aliphatic carbocycles. The first-order valence-corrected chi connectivity index (χ1v) is 4.66. The number of halogens is 3. The molecule has 0 unspecified atom stereocenters. The van der Waals surface area contributed by atoms with Gasteiger partial charge in [0.05, 0.1) is 23.9 Å². The van der Waals surface area contributed by atoms with Crippen LogP contribution in [0, 0.1) is 18.3 Å². The fraction of sp³-hybridized carbons (Fsp3) is 0.333. The number of alkyl halides is 2. The molecule has 1 heterocycles. The molecule has 0 aliphatic heterocycles. The van der Waals surface area contributed by atoms with Crippen LogP contribution in [-0.2, 0) is 6.42 Å². The van der Waals surface area contributed by atoms with Crippen molar-refractivity contribution < 1.29 is 8.78 Å². The second-order valence-electron chi connectivity index (χ2n) is 2.74. The van der Waals surface area contributed by atoms with Crippen molar-refractivity contribution in [2.75, 3.05) is 0 Å². The van der Waals surface area contributed by atoms with Gasteiger partial charge in [-0.1, -0.05) is 0 Å².